The zero-order valence-electron chi connectivity index (χ0n) is 15.0. The van der Waals surface area contributed by atoms with Gasteiger partial charge in [-0.05, 0) is 36.8 Å². The second kappa shape index (κ2) is 9.00. The van der Waals surface area contributed by atoms with E-state index in [1.54, 1.807) is 0 Å². The van der Waals surface area contributed by atoms with Crippen LogP contribution in [0.4, 0.5) is 24.5 Å². The molecule has 0 aliphatic heterocycles. The topological polar surface area (TPSA) is 98.5 Å². The van der Waals surface area contributed by atoms with E-state index in [-0.39, 0.29) is 11.4 Å². The summed E-state index contributed by atoms with van der Waals surface area (Å²) in [7, 11) is 0. The Labute approximate surface area is 162 Å². The van der Waals surface area contributed by atoms with Crippen LogP contribution in [0.3, 0.4) is 0 Å². The monoisotopic (exact) mass is 408 g/mol. The Morgan fingerprint density at radius 1 is 1.14 bits per heavy atom. The quantitative estimate of drug-likeness (QED) is 0.334. The average Bonchev–Trinajstić information content (AvgIpc) is 2.66. The molecule has 0 fully saturated rings. The van der Waals surface area contributed by atoms with Crippen molar-refractivity contribution in [2.24, 2.45) is 0 Å². The van der Waals surface area contributed by atoms with Crippen LogP contribution in [0.15, 0.2) is 54.6 Å². The maximum absolute atomic E-state index is 12.5. The van der Waals surface area contributed by atoms with Gasteiger partial charge in [0.1, 0.15) is 5.69 Å². The summed E-state index contributed by atoms with van der Waals surface area (Å²) in [5.41, 5.74) is -0.864. The van der Waals surface area contributed by atoms with E-state index in [0.29, 0.717) is 5.56 Å². The van der Waals surface area contributed by atoms with Crippen LogP contribution in [-0.4, -0.2) is 22.9 Å². The van der Waals surface area contributed by atoms with Crippen LogP contribution < -0.4 is 5.32 Å². The molecule has 29 heavy (non-hydrogen) atoms. The Bertz CT molecular complexity index is 940. The van der Waals surface area contributed by atoms with Crippen molar-refractivity contribution in [2.75, 3.05) is 5.32 Å². The molecule has 7 nitrogen and oxygen atoms in total. The number of amides is 1. The van der Waals surface area contributed by atoms with Crippen LogP contribution in [0, 0.1) is 10.1 Å². The van der Waals surface area contributed by atoms with Gasteiger partial charge in [-0.15, -0.1) is 0 Å². The lowest BCUT2D eigenvalue weighted by molar-refractivity contribution is -0.383. The zero-order valence-corrected chi connectivity index (χ0v) is 15.0. The maximum atomic E-state index is 12.5. The van der Waals surface area contributed by atoms with E-state index in [1.165, 1.54) is 49.4 Å². The maximum Gasteiger partial charge on any atom is 0.416 e. The summed E-state index contributed by atoms with van der Waals surface area (Å²) in [5.74, 6) is -1.69. The average molecular weight is 408 g/mol. The summed E-state index contributed by atoms with van der Waals surface area (Å²) in [4.78, 5) is 34.2. The number of halogens is 3. The van der Waals surface area contributed by atoms with E-state index in [0.717, 1.165) is 18.2 Å². The molecule has 0 aliphatic rings. The van der Waals surface area contributed by atoms with Crippen molar-refractivity contribution < 1.29 is 32.4 Å². The second-order valence-electron chi connectivity index (χ2n) is 5.80. The number of nitrogens with zero attached hydrogens (tertiary/aromatic N) is 1. The van der Waals surface area contributed by atoms with Gasteiger partial charge in [0.25, 0.3) is 11.6 Å². The third-order valence-electron chi connectivity index (χ3n) is 3.67. The number of hydrogen-bond acceptors (Lipinski definition) is 5. The molecule has 0 bridgehead atoms. The van der Waals surface area contributed by atoms with E-state index in [1.807, 2.05) is 0 Å². The molecule has 0 spiro atoms. The number of nitrogens with one attached hydrogen (secondary N) is 1. The lowest BCUT2D eigenvalue weighted by Crippen LogP contribution is -2.29. The first-order valence-electron chi connectivity index (χ1n) is 8.18. The molecule has 2 aromatic rings. The molecule has 2 rings (SSSR count). The number of anilines is 1. The van der Waals surface area contributed by atoms with Gasteiger partial charge in [0.2, 0.25) is 0 Å². The molecular formula is C19H15F3N2O5. The molecule has 0 saturated carbocycles. The molecule has 0 radical (unpaired) electrons. The summed E-state index contributed by atoms with van der Waals surface area (Å²) in [6.07, 6.45) is -3.54. The first kappa shape index (κ1) is 21.6. The van der Waals surface area contributed by atoms with Gasteiger partial charge < -0.3 is 10.1 Å². The van der Waals surface area contributed by atoms with Gasteiger partial charge >= 0.3 is 12.1 Å². The number of ether oxygens (including phenoxy) is 1. The van der Waals surface area contributed by atoms with E-state index >= 15 is 0 Å². The van der Waals surface area contributed by atoms with E-state index in [4.69, 9.17) is 4.74 Å². The minimum absolute atomic E-state index is 0.0503. The van der Waals surface area contributed by atoms with Crippen molar-refractivity contribution in [3.05, 3.63) is 75.8 Å². The predicted octanol–water partition coefficient (Wildman–Crippen LogP) is 4.20. The number of hydrogen-bond donors (Lipinski definition) is 1. The fraction of sp³-hybridized carbons (Fsp3) is 0.158. The van der Waals surface area contributed by atoms with Gasteiger partial charge in [-0.25, -0.2) is 4.79 Å². The number of carbonyl (C=O) groups is 2. The first-order valence-corrected chi connectivity index (χ1v) is 8.18. The lowest BCUT2D eigenvalue weighted by Gasteiger charge is -2.12. The van der Waals surface area contributed by atoms with Crippen LogP contribution in [0.25, 0.3) is 6.08 Å². The molecule has 1 atom stereocenters. The molecule has 0 aromatic heterocycles. The molecule has 2 aromatic carbocycles. The highest BCUT2D eigenvalue weighted by molar-refractivity contribution is 5.98. The van der Waals surface area contributed by atoms with Gasteiger partial charge in [0.05, 0.1) is 10.5 Å². The molecule has 0 heterocycles. The van der Waals surface area contributed by atoms with Crippen molar-refractivity contribution >= 4 is 29.3 Å². The number of nitro groups is 1. The van der Waals surface area contributed by atoms with Gasteiger partial charge in [0, 0.05) is 12.1 Å². The molecule has 1 unspecified atom stereocenters. The smallest absolute Gasteiger partial charge is 0.416 e. The van der Waals surface area contributed by atoms with Crippen LogP contribution in [0.1, 0.15) is 18.1 Å². The number of esters is 1. The highest BCUT2D eigenvalue weighted by Crippen LogP contribution is 2.29. The Morgan fingerprint density at radius 3 is 2.34 bits per heavy atom. The highest BCUT2D eigenvalue weighted by atomic mass is 19.4. The van der Waals surface area contributed by atoms with E-state index in [2.05, 4.69) is 5.32 Å². The van der Waals surface area contributed by atoms with E-state index in [9.17, 15) is 32.9 Å². The summed E-state index contributed by atoms with van der Waals surface area (Å²) in [6, 6.07) is 9.56. The third kappa shape index (κ3) is 6.16. The second-order valence-corrected chi connectivity index (χ2v) is 5.80. The van der Waals surface area contributed by atoms with Crippen LogP contribution >= 0.6 is 0 Å². The first-order chi connectivity index (χ1) is 13.6. The van der Waals surface area contributed by atoms with Gasteiger partial charge in [-0.3, -0.25) is 14.9 Å². The van der Waals surface area contributed by atoms with Crippen molar-refractivity contribution in [3.8, 4) is 0 Å². The minimum atomic E-state index is -4.46. The SMILES string of the molecule is CC(OC(=O)/C=C/c1ccc(C(F)(F)F)cc1)C(=O)Nc1ccccc1[N+](=O)[O-]. The molecule has 0 aliphatic carbocycles. The normalized spacial score (nSPS) is 12.4. The van der Waals surface area contributed by atoms with Crippen molar-refractivity contribution in [1.82, 2.24) is 0 Å². The Kier molecular flexibility index (Phi) is 6.71. The summed E-state index contributed by atoms with van der Waals surface area (Å²) < 4.78 is 42.4. The van der Waals surface area contributed by atoms with Gasteiger partial charge in [-0.2, -0.15) is 13.2 Å². The fourth-order valence-corrected chi connectivity index (χ4v) is 2.19. The molecule has 0 saturated heterocycles. The number of alkyl halides is 3. The van der Waals surface area contributed by atoms with Crippen LogP contribution in [0.5, 0.6) is 0 Å². The molecule has 10 heteroatoms. The number of carbonyl (C=O) groups excluding carboxylic acids is 2. The molecule has 1 N–H and O–H groups in total. The van der Waals surface area contributed by atoms with Crippen molar-refractivity contribution in [1.29, 1.82) is 0 Å². The highest BCUT2D eigenvalue weighted by Gasteiger charge is 2.29. The number of rotatable bonds is 6. The number of nitro benzene ring substituents is 1. The van der Waals surface area contributed by atoms with Crippen molar-refractivity contribution in [2.45, 2.75) is 19.2 Å². The predicted molar refractivity (Wildman–Crippen MR) is 97.8 cm³/mol. The van der Waals surface area contributed by atoms with Gasteiger partial charge in [0.15, 0.2) is 6.10 Å². The van der Waals surface area contributed by atoms with E-state index < -0.39 is 34.6 Å². The summed E-state index contributed by atoms with van der Waals surface area (Å²) in [5, 5.41) is 13.2. The molecule has 152 valence electrons. The van der Waals surface area contributed by atoms with Crippen LogP contribution in [-0.2, 0) is 20.5 Å². The summed E-state index contributed by atoms with van der Waals surface area (Å²) >= 11 is 0. The van der Waals surface area contributed by atoms with Crippen LogP contribution in [0.2, 0.25) is 0 Å². The minimum Gasteiger partial charge on any atom is -0.449 e. The number of benzene rings is 2. The van der Waals surface area contributed by atoms with Crippen molar-refractivity contribution in [3.63, 3.8) is 0 Å². The Morgan fingerprint density at radius 2 is 1.76 bits per heavy atom. The lowest BCUT2D eigenvalue weighted by atomic mass is 10.1. The summed E-state index contributed by atoms with van der Waals surface area (Å²) in [6.45, 7) is 1.27. The third-order valence-corrected chi connectivity index (χ3v) is 3.67. The fourth-order valence-electron chi connectivity index (χ4n) is 2.19. The largest absolute Gasteiger partial charge is 0.449 e. The Balaban J connectivity index is 1.95. The number of para-hydroxylation sites is 2. The molecule has 1 amide bonds. The Hall–Kier alpha value is -3.69. The standard InChI is InChI=1S/C19H15F3N2O5/c1-12(18(26)23-15-4-2-3-5-16(15)24(27)28)29-17(25)11-8-13-6-9-14(10-7-13)19(20,21)22/h2-12H,1H3,(H,23,26)/b11-8+. The van der Waals surface area contributed by atoms with Gasteiger partial charge in [-0.1, -0.05) is 24.3 Å². The zero-order chi connectivity index (χ0) is 21.6. The molecular weight excluding hydrogens is 393 g/mol.